The van der Waals surface area contributed by atoms with Gasteiger partial charge in [-0.3, -0.25) is 0 Å². The van der Waals surface area contributed by atoms with Gasteiger partial charge >= 0.3 is 0 Å². The molecule has 2 aliphatic rings. The number of anilines is 1. The van der Waals surface area contributed by atoms with Crippen LogP contribution in [0.2, 0.25) is 0 Å². The largest absolute Gasteiger partial charge is 0.363 e. The minimum absolute atomic E-state index is 0.0385. The molecular weight excluding hydrogens is 292 g/mol. The molecule has 24 heavy (non-hydrogen) atoms. The average molecular weight is 320 g/mol. The van der Waals surface area contributed by atoms with E-state index in [1.807, 2.05) is 0 Å². The van der Waals surface area contributed by atoms with Crippen molar-refractivity contribution >= 4 is 5.69 Å². The van der Waals surface area contributed by atoms with E-state index in [-0.39, 0.29) is 5.54 Å². The molecule has 0 amide bonds. The number of hydrogen-bond acceptors (Lipinski definition) is 2. The number of rotatable bonds is 2. The highest BCUT2D eigenvalue weighted by atomic mass is 15.2. The minimum Gasteiger partial charge on any atom is -0.363 e. The summed E-state index contributed by atoms with van der Waals surface area (Å²) in [5.41, 5.74) is 12.3. The SMILES string of the molecule is Cc1ccc2c(c1)[C@H]1CC(C)(N)CCC[C@@H]1N2Cc1ccccc1. The highest BCUT2D eigenvalue weighted by Gasteiger charge is 2.42. The van der Waals surface area contributed by atoms with Gasteiger partial charge in [0, 0.05) is 29.7 Å². The lowest BCUT2D eigenvalue weighted by atomic mass is 9.83. The molecule has 4 rings (SSSR count). The van der Waals surface area contributed by atoms with Crippen molar-refractivity contribution in [3.63, 3.8) is 0 Å². The van der Waals surface area contributed by atoms with Crippen molar-refractivity contribution in [3.8, 4) is 0 Å². The Bertz CT molecular complexity index is 720. The van der Waals surface area contributed by atoms with Crippen LogP contribution in [0.5, 0.6) is 0 Å². The molecule has 0 aromatic heterocycles. The van der Waals surface area contributed by atoms with Crippen molar-refractivity contribution in [2.75, 3.05) is 4.90 Å². The number of nitrogens with zero attached hydrogens (tertiary/aromatic N) is 1. The van der Waals surface area contributed by atoms with Gasteiger partial charge in [-0.2, -0.15) is 0 Å². The van der Waals surface area contributed by atoms with E-state index in [2.05, 4.69) is 67.3 Å². The Labute approximate surface area is 145 Å². The Balaban J connectivity index is 1.74. The summed E-state index contributed by atoms with van der Waals surface area (Å²) in [5, 5.41) is 0. The van der Waals surface area contributed by atoms with Crippen LogP contribution in [0.3, 0.4) is 0 Å². The lowest BCUT2D eigenvalue weighted by molar-refractivity contribution is 0.383. The van der Waals surface area contributed by atoms with Crippen molar-refractivity contribution < 1.29 is 0 Å². The van der Waals surface area contributed by atoms with Gasteiger partial charge in [0.25, 0.3) is 0 Å². The first-order valence-corrected chi connectivity index (χ1v) is 9.23. The first-order valence-electron chi connectivity index (χ1n) is 9.23. The molecule has 1 fully saturated rings. The molecule has 1 heterocycles. The number of fused-ring (bicyclic) bond motifs is 3. The predicted molar refractivity (Wildman–Crippen MR) is 101 cm³/mol. The van der Waals surface area contributed by atoms with E-state index in [0.29, 0.717) is 12.0 Å². The van der Waals surface area contributed by atoms with Crippen LogP contribution in [0.15, 0.2) is 48.5 Å². The van der Waals surface area contributed by atoms with Crippen molar-refractivity contribution in [1.82, 2.24) is 0 Å². The van der Waals surface area contributed by atoms with Crippen molar-refractivity contribution in [1.29, 1.82) is 0 Å². The van der Waals surface area contributed by atoms with Crippen LogP contribution >= 0.6 is 0 Å². The minimum atomic E-state index is -0.0385. The van der Waals surface area contributed by atoms with Crippen LogP contribution in [0, 0.1) is 6.92 Å². The maximum atomic E-state index is 6.61. The van der Waals surface area contributed by atoms with Crippen LogP contribution < -0.4 is 10.6 Å². The molecule has 1 saturated carbocycles. The van der Waals surface area contributed by atoms with E-state index in [4.69, 9.17) is 5.73 Å². The molecule has 0 bridgehead atoms. The molecule has 2 heteroatoms. The Hall–Kier alpha value is -1.80. The predicted octanol–water partition coefficient (Wildman–Crippen LogP) is 4.76. The summed E-state index contributed by atoms with van der Waals surface area (Å²) in [6, 6.07) is 18.4. The van der Waals surface area contributed by atoms with E-state index in [1.165, 1.54) is 35.2 Å². The molecule has 2 aromatic carbocycles. The Morgan fingerprint density at radius 1 is 1.17 bits per heavy atom. The number of hydrogen-bond donors (Lipinski definition) is 1. The summed E-state index contributed by atoms with van der Waals surface area (Å²) >= 11 is 0. The fraction of sp³-hybridized carbons (Fsp3) is 0.455. The molecule has 2 N–H and O–H groups in total. The molecule has 1 aliphatic carbocycles. The smallest absolute Gasteiger partial charge is 0.0432 e. The first kappa shape index (κ1) is 15.7. The second-order valence-electron chi connectivity index (χ2n) is 8.10. The van der Waals surface area contributed by atoms with Gasteiger partial charge in [-0.05, 0) is 56.7 Å². The molecule has 3 atom stereocenters. The van der Waals surface area contributed by atoms with Gasteiger partial charge in [0.05, 0.1) is 0 Å². The molecule has 2 nitrogen and oxygen atoms in total. The van der Waals surface area contributed by atoms with Gasteiger partial charge in [-0.15, -0.1) is 0 Å². The summed E-state index contributed by atoms with van der Waals surface area (Å²) in [7, 11) is 0. The fourth-order valence-corrected chi connectivity index (χ4v) is 4.74. The maximum Gasteiger partial charge on any atom is 0.0432 e. The third-order valence-electron chi connectivity index (χ3n) is 5.89. The highest BCUT2D eigenvalue weighted by Crippen LogP contribution is 2.49. The zero-order valence-electron chi connectivity index (χ0n) is 14.8. The number of aryl methyl sites for hydroxylation is 1. The summed E-state index contributed by atoms with van der Waals surface area (Å²) in [6.07, 6.45) is 4.71. The van der Waals surface area contributed by atoms with Gasteiger partial charge in [0.1, 0.15) is 0 Å². The van der Waals surface area contributed by atoms with Gasteiger partial charge in [0.2, 0.25) is 0 Å². The second-order valence-corrected chi connectivity index (χ2v) is 8.10. The lowest BCUT2D eigenvalue weighted by Crippen LogP contribution is -2.38. The molecule has 1 unspecified atom stereocenters. The summed E-state index contributed by atoms with van der Waals surface area (Å²) < 4.78 is 0. The third-order valence-corrected chi connectivity index (χ3v) is 5.89. The zero-order chi connectivity index (χ0) is 16.7. The Morgan fingerprint density at radius 3 is 2.75 bits per heavy atom. The van der Waals surface area contributed by atoms with Crippen molar-refractivity contribution in [2.24, 2.45) is 5.73 Å². The standard InChI is InChI=1S/C22H28N2/c1-16-10-11-21-18(13-16)19-14-22(2,23)12-6-9-20(19)24(21)15-17-7-4-3-5-8-17/h3-5,7-8,10-11,13,19-20H,6,9,12,14-15,23H2,1-2H3/t19-,20+,22?/m1/s1. The van der Waals surface area contributed by atoms with E-state index in [1.54, 1.807) is 0 Å². The number of benzene rings is 2. The number of nitrogens with two attached hydrogens (primary N) is 1. The molecule has 0 saturated heterocycles. The highest BCUT2D eigenvalue weighted by molar-refractivity contribution is 5.63. The quantitative estimate of drug-likeness (QED) is 0.864. The summed E-state index contributed by atoms with van der Waals surface area (Å²) in [5.74, 6) is 0.570. The van der Waals surface area contributed by atoms with Crippen molar-refractivity contribution in [3.05, 3.63) is 65.2 Å². The molecular formula is C22H28N2. The van der Waals surface area contributed by atoms with Gasteiger partial charge in [-0.1, -0.05) is 48.0 Å². The third kappa shape index (κ3) is 2.84. The summed E-state index contributed by atoms with van der Waals surface area (Å²) in [6.45, 7) is 5.44. The first-order chi connectivity index (χ1) is 11.5. The van der Waals surface area contributed by atoms with Crippen LogP contribution in [-0.2, 0) is 6.54 Å². The molecule has 0 spiro atoms. The monoisotopic (exact) mass is 320 g/mol. The van der Waals surface area contributed by atoms with E-state index < -0.39 is 0 Å². The van der Waals surface area contributed by atoms with Crippen LogP contribution in [0.25, 0.3) is 0 Å². The molecule has 1 aliphatic heterocycles. The second kappa shape index (κ2) is 5.93. The topological polar surface area (TPSA) is 29.3 Å². The van der Waals surface area contributed by atoms with Crippen LogP contribution in [0.1, 0.15) is 55.2 Å². The summed E-state index contributed by atoms with van der Waals surface area (Å²) in [4.78, 5) is 2.65. The van der Waals surface area contributed by atoms with Gasteiger partial charge < -0.3 is 10.6 Å². The van der Waals surface area contributed by atoms with E-state index >= 15 is 0 Å². The normalized spacial score (nSPS) is 29.0. The van der Waals surface area contributed by atoms with Gasteiger partial charge in [-0.25, -0.2) is 0 Å². The maximum absolute atomic E-state index is 6.61. The Morgan fingerprint density at radius 2 is 1.96 bits per heavy atom. The van der Waals surface area contributed by atoms with Crippen LogP contribution in [-0.4, -0.2) is 11.6 Å². The van der Waals surface area contributed by atoms with E-state index in [0.717, 1.165) is 19.4 Å². The van der Waals surface area contributed by atoms with Crippen LogP contribution in [0.4, 0.5) is 5.69 Å². The van der Waals surface area contributed by atoms with Crippen molar-refractivity contribution in [2.45, 2.75) is 63.6 Å². The lowest BCUT2D eigenvalue weighted by Gasteiger charge is -2.30. The van der Waals surface area contributed by atoms with E-state index in [9.17, 15) is 0 Å². The molecule has 2 aromatic rings. The average Bonchev–Trinajstić information content (AvgIpc) is 2.71. The molecule has 0 radical (unpaired) electrons. The Kier molecular flexibility index (Phi) is 3.88. The molecule has 126 valence electrons. The zero-order valence-corrected chi connectivity index (χ0v) is 14.8. The van der Waals surface area contributed by atoms with Gasteiger partial charge in [0.15, 0.2) is 0 Å². The fourth-order valence-electron chi connectivity index (χ4n) is 4.74.